The molecule has 0 aliphatic heterocycles. The van der Waals surface area contributed by atoms with Gasteiger partial charge in [-0.1, -0.05) is 30.3 Å². The number of nitrogens with zero attached hydrogens (tertiary/aromatic N) is 3. The van der Waals surface area contributed by atoms with Crippen molar-refractivity contribution in [3.8, 4) is 0 Å². The molecule has 0 atom stereocenters. The summed E-state index contributed by atoms with van der Waals surface area (Å²) in [5.74, 6) is 1.99. The molecule has 1 heterocycles. The van der Waals surface area contributed by atoms with Gasteiger partial charge in [-0.05, 0) is 19.4 Å². The molecule has 20 heavy (non-hydrogen) atoms. The highest BCUT2D eigenvalue weighted by molar-refractivity contribution is 7.80. The normalized spacial score (nSPS) is 10.6. The quantitative estimate of drug-likeness (QED) is 0.831. The summed E-state index contributed by atoms with van der Waals surface area (Å²) in [5.41, 5.74) is 7.14. The Balaban J connectivity index is 2.35. The Labute approximate surface area is 125 Å². The van der Waals surface area contributed by atoms with E-state index in [2.05, 4.69) is 53.5 Å². The molecule has 0 aliphatic carbocycles. The molecule has 0 aliphatic rings. The van der Waals surface area contributed by atoms with Crippen molar-refractivity contribution in [3.63, 3.8) is 0 Å². The molecule has 0 bridgehead atoms. The van der Waals surface area contributed by atoms with E-state index in [1.807, 2.05) is 18.2 Å². The number of rotatable bonds is 5. The standard InChI is InChI=1S/C15H20N4S/c1-3-19(4-2)15-13(20)14(16)17-12(18-15)10-11-8-6-5-7-9-11/h5-9,20H,3-4,10H2,1-2H3,(H2,16,17,18). The van der Waals surface area contributed by atoms with E-state index in [0.717, 1.165) is 24.7 Å². The van der Waals surface area contributed by atoms with E-state index in [4.69, 9.17) is 5.73 Å². The summed E-state index contributed by atoms with van der Waals surface area (Å²) < 4.78 is 0. The molecule has 1 aromatic heterocycles. The van der Waals surface area contributed by atoms with Crippen molar-refractivity contribution in [3.05, 3.63) is 41.7 Å². The minimum Gasteiger partial charge on any atom is -0.383 e. The molecule has 0 amide bonds. The number of benzene rings is 1. The van der Waals surface area contributed by atoms with Crippen LogP contribution in [0.15, 0.2) is 35.2 Å². The summed E-state index contributed by atoms with van der Waals surface area (Å²) in [4.78, 5) is 11.8. The first kappa shape index (κ1) is 14.7. The fraction of sp³-hybridized carbons (Fsp3) is 0.333. The van der Waals surface area contributed by atoms with Crippen LogP contribution in [0.25, 0.3) is 0 Å². The summed E-state index contributed by atoms with van der Waals surface area (Å²) >= 11 is 4.44. The van der Waals surface area contributed by atoms with Crippen LogP contribution in [0.2, 0.25) is 0 Å². The monoisotopic (exact) mass is 288 g/mol. The zero-order valence-electron chi connectivity index (χ0n) is 11.9. The molecule has 106 valence electrons. The molecule has 2 rings (SSSR count). The third-order valence-electron chi connectivity index (χ3n) is 3.21. The van der Waals surface area contributed by atoms with Gasteiger partial charge in [-0.3, -0.25) is 0 Å². The Morgan fingerprint density at radius 3 is 2.35 bits per heavy atom. The predicted molar refractivity (Wildman–Crippen MR) is 86.5 cm³/mol. The van der Waals surface area contributed by atoms with Crippen LogP contribution in [-0.4, -0.2) is 23.1 Å². The zero-order valence-corrected chi connectivity index (χ0v) is 12.8. The molecule has 0 saturated carbocycles. The lowest BCUT2D eigenvalue weighted by atomic mass is 10.1. The molecule has 0 unspecified atom stereocenters. The number of nitrogen functional groups attached to an aromatic ring is 1. The molecule has 4 nitrogen and oxygen atoms in total. The van der Waals surface area contributed by atoms with E-state index in [0.29, 0.717) is 17.1 Å². The van der Waals surface area contributed by atoms with E-state index >= 15 is 0 Å². The number of thiol groups is 1. The molecule has 5 heteroatoms. The van der Waals surface area contributed by atoms with Crippen LogP contribution in [0.1, 0.15) is 25.2 Å². The van der Waals surface area contributed by atoms with E-state index in [9.17, 15) is 0 Å². The Morgan fingerprint density at radius 2 is 1.75 bits per heavy atom. The van der Waals surface area contributed by atoms with E-state index in [1.165, 1.54) is 5.56 Å². The minimum atomic E-state index is 0.441. The van der Waals surface area contributed by atoms with Crippen LogP contribution in [-0.2, 0) is 6.42 Å². The largest absolute Gasteiger partial charge is 0.383 e. The fourth-order valence-electron chi connectivity index (χ4n) is 2.11. The highest BCUT2D eigenvalue weighted by atomic mass is 32.1. The Kier molecular flexibility index (Phi) is 4.84. The van der Waals surface area contributed by atoms with Gasteiger partial charge in [0.05, 0.1) is 4.90 Å². The van der Waals surface area contributed by atoms with Crippen LogP contribution < -0.4 is 10.6 Å². The third-order valence-corrected chi connectivity index (χ3v) is 3.64. The molecule has 2 aromatic rings. The predicted octanol–water partition coefficient (Wildman–Crippen LogP) is 2.78. The van der Waals surface area contributed by atoms with Crippen molar-refractivity contribution in [1.82, 2.24) is 9.97 Å². The van der Waals surface area contributed by atoms with Crippen molar-refractivity contribution in [2.24, 2.45) is 0 Å². The van der Waals surface area contributed by atoms with Crippen LogP contribution >= 0.6 is 12.6 Å². The second-order valence-corrected chi connectivity index (χ2v) is 4.98. The fourth-order valence-corrected chi connectivity index (χ4v) is 2.35. The Bertz CT molecular complexity index is 568. The second kappa shape index (κ2) is 6.61. The minimum absolute atomic E-state index is 0.441. The number of nitrogens with two attached hydrogens (primary N) is 1. The molecule has 0 radical (unpaired) electrons. The summed E-state index contributed by atoms with van der Waals surface area (Å²) in [6.07, 6.45) is 0.674. The first-order valence-corrected chi connectivity index (χ1v) is 7.24. The topological polar surface area (TPSA) is 55.0 Å². The van der Waals surface area contributed by atoms with Crippen LogP contribution in [0, 0.1) is 0 Å². The zero-order chi connectivity index (χ0) is 14.5. The summed E-state index contributed by atoms with van der Waals surface area (Å²) in [7, 11) is 0. The van der Waals surface area contributed by atoms with Gasteiger partial charge in [0, 0.05) is 19.5 Å². The number of hydrogen-bond acceptors (Lipinski definition) is 5. The van der Waals surface area contributed by atoms with E-state index in [1.54, 1.807) is 0 Å². The lowest BCUT2D eigenvalue weighted by molar-refractivity contribution is 0.811. The molecular weight excluding hydrogens is 268 g/mol. The molecule has 0 fully saturated rings. The van der Waals surface area contributed by atoms with Crippen LogP contribution in [0.3, 0.4) is 0 Å². The van der Waals surface area contributed by atoms with Gasteiger partial charge in [-0.15, -0.1) is 12.6 Å². The average Bonchev–Trinajstić information content (AvgIpc) is 2.46. The summed E-state index contributed by atoms with van der Waals surface area (Å²) in [5, 5.41) is 0. The van der Waals surface area contributed by atoms with Gasteiger partial charge in [0.1, 0.15) is 17.5 Å². The van der Waals surface area contributed by atoms with Gasteiger partial charge in [0.15, 0.2) is 0 Å². The SMILES string of the molecule is CCN(CC)c1nc(Cc2ccccc2)nc(N)c1S. The number of aromatic nitrogens is 2. The lowest BCUT2D eigenvalue weighted by Gasteiger charge is -2.22. The first-order valence-electron chi connectivity index (χ1n) is 6.79. The van der Waals surface area contributed by atoms with Gasteiger partial charge in [0.25, 0.3) is 0 Å². The van der Waals surface area contributed by atoms with Crippen LogP contribution in [0.5, 0.6) is 0 Å². The summed E-state index contributed by atoms with van der Waals surface area (Å²) in [6.45, 7) is 5.91. The number of anilines is 2. The van der Waals surface area contributed by atoms with Gasteiger partial charge in [-0.25, -0.2) is 9.97 Å². The average molecular weight is 288 g/mol. The highest BCUT2D eigenvalue weighted by Gasteiger charge is 2.14. The third kappa shape index (κ3) is 3.22. The first-order chi connectivity index (χ1) is 9.65. The van der Waals surface area contributed by atoms with E-state index in [-0.39, 0.29) is 0 Å². The number of hydrogen-bond donors (Lipinski definition) is 2. The van der Waals surface area contributed by atoms with Crippen molar-refractivity contribution >= 4 is 24.3 Å². The van der Waals surface area contributed by atoms with E-state index < -0.39 is 0 Å². The maximum absolute atomic E-state index is 5.97. The van der Waals surface area contributed by atoms with Crippen molar-refractivity contribution in [2.75, 3.05) is 23.7 Å². The second-order valence-electron chi connectivity index (χ2n) is 4.53. The van der Waals surface area contributed by atoms with Crippen molar-refractivity contribution in [1.29, 1.82) is 0 Å². The molecule has 0 spiro atoms. The van der Waals surface area contributed by atoms with Gasteiger partial charge in [0.2, 0.25) is 0 Å². The van der Waals surface area contributed by atoms with Crippen molar-refractivity contribution in [2.45, 2.75) is 25.2 Å². The smallest absolute Gasteiger partial charge is 0.147 e. The molecule has 1 aromatic carbocycles. The summed E-state index contributed by atoms with van der Waals surface area (Å²) in [6, 6.07) is 10.1. The van der Waals surface area contributed by atoms with Crippen molar-refractivity contribution < 1.29 is 0 Å². The Morgan fingerprint density at radius 1 is 1.10 bits per heavy atom. The molecule has 0 saturated heterocycles. The van der Waals surface area contributed by atoms with Gasteiger partial charge in [-0.2, -0.15) is 0 Å². The van der Waals surface area contributed by atoms with Gasteiger partial charge >= 0.3 is 0 Å². The maximum Gasteiger partial charge on any atom is 0.147 e. The Hall–Kier alpha value is -1.75. The maximum atomic E-state index is 5.97. The molecule has 2 N–H and O–H groups in total. The lowest BCUT2D eigenvalue weighted by Crippen LogP contribution is -2.24. The highest BCUT2D eigenvalue weighted by Crippen LogP contribution is 2.26. The van der Waals surface area contributed by atoms with Gasteiger partial charge < -0.3 is 10.6 Å². The molecular formula is C15H20N4S. The van der Waals surface area contributed by atoms with Crippen LogP contribution in [0.4, 0.5) is 11.6 Å².